The maximum atomic E-state index is 12.2. The standard InChI is InChI=1S/C18H17IN4OS/c1-2-16-21-22-18(23(16)15-6-4-3-5-7-15)25-12-17(24)20-14-10-8-13(19)9-11-14/h3-11H,2,12H2,1H3,(H,20,24). The fraction of sp³-hybridized carbons (Fsp3) is 0.167. The van der Waals surface area contributed by atoms with Crippen molar-refractivity contribution in [2.45, 2.75) is 18.5 Å². The molecule has 25 heavy (non-hydrogen) atoms. The summed E-state index contributed by atoms with van der Waals surface area (Å²) in [4.78, 5) is 12.2. The van der Waals surface area contributed by atoms with Crippen molar-refractivity contribution in [1.29, 1.82) is 0 Å². The molecule has 1 aromatic heterocycles. The molecule has 0 spiro atoms. The van der Waals surface area contributed by atoms with Gasteiger partial charge in [-0.05, 0) is 59.0 Å². The van der Waals surface area contributed by atoms with E-state index in [4.69, 9.17) is 0 Å². The molecular weight excluding hydrogens is 447 g/mol. The van der Waals surface area contributed by atoms with E-state index in [0.29, 0.717) is 0 Å². The Hall–Kier alpha value is -1.87. The summed E-state index contributed by atoms with van der Waals surface area (Å²) < 4.78 is 3.14. The zero-order chi connectivity index (χ0) is 17.6. The molecule has 2 aromatic carbocycles. The van der Waals surface area contributed by atoms with E-state index in [1.165, 1.54) is 11.8 Å². The maximum Gasteiger partial charge on any atom is 0.234 e. The Morgan fingerprint density at radius 3 is 2.52 bits per heavy atom. The van der Waals surface area contributed by atoms with E-state index in [1.54, 1.807) is 0 Å². The van der Waals surface area contributed by atoms with Gasteiger partial charge in [0, 0.05) is 21.4 Å². The van der Waals surface area contributed by atoms with Crippen LogP contribution in [0.3, 0.4) is 0 Å². The number of carbonyl (C=O) groups excluding carboxylic acids is 1. The third-order valence-corrected chi connectivity index (χ3v) is 5.14. The second-order valence-corrected chi connectivity index (χ2v) is 7.46. The Morgan fingerprint density at radius 2 is 1.84 bits per heavy atom. The Labute approximate surface area is 164 Å². The summed E-state index contributed by atoms with van der Waals surface area (Å²) in [5, 5.41) is 12.1. The molecule has 0 saturated heterocycles. The van der Waals surface area contributed by atoms with E-state index in [0.717, 1.165) is 32.3 Å². The minimum absolute atomic E-state index is 0.0631. The third kappa shape index (κ3) is 4.60. The van der Waals surface area contributed by atoms with E-state index < -0.39 is 0 Å². The maximum absolute atomic E-state index is 12.2. The molecule has 0 unspecified atom stereocenters. The summed E-state index contributed by atoms with van der Waals surface area (Å²) in [5.41, 5.74) is 1.80. The van der Waals surface area contributed by atoms with Gasteiger partial charge in [0.25, 0.3) is 0 Å². The quantitative estimate of drug-likeness (QED) is 0.440. The Morgan fingerprint density at radius 1 is 1.12 bits per heavy atom. The SMILES string of the molecule is CCc1nnc(SCC(=O)Nc2ccc(I)cc2)n1-c1ccccc1. The number of amides is 1. The third-order valence-electron chi connectivity index (χ3n) is 3.49. The number of hydrogen-bond donors (Lipinski definition) is 1. The van der Waals surface area contributed by atoms with Gasteiger partial charge in [-0.1, -0.05) is 36.9 Å². The molecule has 0 atom stereocenters. The summed E-state index contributed by atoms with van der Waals surface area (Å²) >= 11 is 3.62. The van der Waals surface area contributed by atoms with E-state index in [2.05, 4.69) is 38.1 Å². The normalized spacial score (nSPS) is 10.6. The van der Waals surface area contributed by atoms with Crippen molar-refractivity contribution in [3.63, 3.8) is 0 Å². The number of thioether (sulfide) groups is 1. The van der Waals surface area contributed by atoms with Crippen LogP contribution >= 0.6 is 34.4 Å². The monoisotopic (exact) mass is 464 g/mol. The zero-order valence-corrected chi connectivity index (χ0v) is 16.6. The highest BCUT2D eigenvalue weighted by Crippen LogP contribution is 2.22. The largest absolute Gasteiger partial charge is 0.325 e. The molecule has 1 heterocycles. The number of carbonyl (C=O) groups is 1. The lowest BCUT2D eigenvalue weighted by molar-refractivity contribution is -0.113. The number of para-hydroxylation sites is 1. The Balaban J connectivity index is 1.70. The van der Waals surface area contributed by atoms with Crippen LogP contribution in [-0.4, -0.2) is 26.4 Å². The zero-order valence-electron chi connectivity index (χ0n) is 13.6. The number of anilines is 1. The van der Waals surface area contributed by atoms with Crippen LogP contribution in [0.2, 0.25) is 0 Å². The summed E-state index contributed by atoms with van der Waals surface area (Å²) in [6.45, 7) is 2.04. The molecule has 5 nitrogen and oxygen atoms in total. The molecule has 0 saturated carbocycles. The first kappa shape index (κ1) is 17.9. The summed E-state index contributed by atoms with van der Waals surface area (Å²) in [5.74, 6) is 1.10. The molecule has 1 amide bonds. The van der Waals surface area contributed by atoms with E-state index in [9.17, 15) is 4.79 Å². The van der Waals surface area contributed by atoms with Crippen LogP contribution in [0.15, 0.2) is 59.8 Å². The first-order chi connectivity index (χ1) is 12.2. The lowest BCUT2D eigenvalue weighted by atomic mass is 10.3. The minimum Gasteiger partial charge on any atom is -0.325 e. The van der Waals surface area contributed by atoms with Gasteiger partial charge in [-0.15, -0.1) is 10.2 Å². The van der Waals surface area contributed by atoms with Crippen LogP contribution in [-0.2, 0) is 11.2 Å². The highest BCUT2D eigenvalue weighted by Gasteiger charge is 2.14. The molecule has 0 aliphatic heterocycles. The number of nitrogens with zero attached hydrogens (tertiary/aromatic N) is 3. The van der Waals surface area contributed by atoms with Crippen molar-refractivity contribution in [2.75, 3.05) is 11.1 Å². The van der Waals surface area contributed by atoms with Crippen LogP contribution in [0.25, 0.3) is 5.69 Å². The molecule has 0 bridgehead atoms. The summed E-state index contributed by atoms with van der Waals surface area (Å²) in [7, 11) is 0. The molecule has 0 aliphatic rings. The van der Waals surface area contributed by atoms with Gasteiger partial charge in [0.15, 0.2) is 5.16 Å². The molecule has 7 heteroatoms. The van der Waals surface area contributed by atoms with Crippen molar-refractivity contribution >= 4 is 45.9 Å². The number of halogens is 1. The van der Waals surface area contributed by atoms with E-state index >= 15 is 0 Å². The summed E-state index contributed by atoms with van der Waals surface area (Å²) in [6.07, 6.45) is 0.775. The predicted octanol–water partition coefficient (Wildman–Crippen LogP) is 4.17. The van der Waals surface area contributed by atoms with Gasteiger partial charge < -0.3 is 5.32 Å². The summed E-state index contributed by atoms with van der Waals surface area (Å²) in [6, 6.07) is 17.7. The molecule has 0 radical (unpaired) electrons. The van der Waals surface area contributed by atoms with Gasteiger partial charge in [-0.2, -0.15) is 0 Å². The van der Waals surface area contributed by atoms with Crippen LogP contribution in [0.1, 0.15) is 12.7 Å². The number of aryl methyl sites for hydroxylation is 1. The van der Waals surface area contributed by atoms with Crippen LogP contribution in [0, 0.1) is 3.57 Å². The van der Waals surface area contributed by atoms with Gasteiger partial charge in [0.1, 0.15) is 5.82 Å². The minimum atomic E-state index is -0.0631. The molecule has 3 aromatic rings. The second kappa shape index (κ2) is 8.48. The fourth-order valence-corrected chi connectivity index (χ4v) is 3.45. The number of benzene rings is 2. The highest BCUT2D eigenvalue weighted by atomic mass is 127. The smallest absolute Gasteiger partial charge is 0.234 e. The average molecular weight is 464 g/mol. The van der Waals surface area contributed by atoms with Gasteiger partial charge in [0.2, 0.25) is 5.91 Å². The molecule has 0 fully saturated rings. The van der Waals surface area contributed by atoms with Crippen LogP contribution in [0.5, 0.6) is 0 Å². The van der Waals surface area contributed by atoms with Crippen LogP contribution < -0.4 is 5.32 Å². The van der Waals surface area contributed by atoms with Crippen molar-refractivity contribution in [3.8, 4) is 5.69 Å². The van der Waals surface area contributed by atoms with Gasteiger partial charge >= 0.3 is 0 Å². The van der Waals surface area contributed by atoms with Crippen molar-refractivity contribution in [3.05, 3.63) is 64.0 Å². The number of aromatic nitrogens is 3. The molecule has 3 rings (SSSR count). The topological polar surface area (TPSA) is 59.8 Å². The lowest BCUT2D eigenvalue weighted by Crippen LogP contribution is -2.14. The van der Waals surface area contributed by atoms with Gasteiger partial charge in [-0.25, -0.2) is 0 Å². The van der Waals surface area contributed by atoms with Gasteiger partial charge in [0.05, 0.1) is 5.75 Å². The van der Waals surface area contributed by atoms with Crippen molar-refractivity contribution in [2.24, 2.45) is 0 Å². The first-order valence-electron chi connectivity index (χ1n) is 7.85. The number of hydrogen-bond acceptors (Lipinski definition) is 4. The predicted molar refractivity (Wildman–Crippen MR) is 109 cm³/mol. The molecule has 128 valence electrons. The molecule has 0 aliphatic carbocycles. The number of nitrogens with one attached hydrogen (secondary N) is 1. The number of rotatable bonds is 6. The lowest BCUT2D eigenvalue weighted by Gasteiger charge is -2.09. The average Bonchev–Trinajstić information content (AvgIpc) is 3.05. The molecular formula is C18H17IN4OS. The van der Waals surface area contributed by atoms with E-state index in [-0.39, 0.29) is 11.7 Å². The second-order valence-electron chi connectivity index (χ2n) is 5.27. The van der Waals surface area contributed by atoms with E-state index in [1.807, 2.05) is 66.1 Å². The highest BCUT2D eigenvalue weighted by molar-refractivity contribution is 14.1. The molecule has 1 N–H and O–H groups in total. The Kier molecular flexibility index (Phi) is 6.09. The van der Waals surface area contributed by atoms with Crippen molar-refractivity contribution < 1.29 is 4.79 Å². The van der Waals surface area contributed by atoms with Gasteiger partial charge in [-0.3, -0.25) is 9.36 Å². The first-order valence-corrected chi connectivity index (χ1v) is 9.91. The fourth-order valence-electron chi connectivity index (χ4n) is 2.32. The van der Waals surface area contributed by atoms with Crippen LogP contribution in [0.4, 0.5) is 5.69 Å². The van der Waals surface area contributed by atoms with Crippen molar-refractivity contribution in [1.82, 2.24) is 14.8 Å². The Bertz CT molecular complexity index is 849.